The Morgan fingerprint density at radius 2 is 1.67 bits per heavy atom. The van der Waals surface area contributed by atoms with Crippen LogP contribution < -0.4 is 5.32 Å². The summed E-state index contributed by atoms with van der Waals surface area (Å²) in [6.45, 7) is 8.02. The molecule has 0 fully saturated rings. The van der Waals surface area contributed by atoms with Gasteiger partial charge in [-0.05, 0) is 41.7 Å². The van der Waals surface area contributed by atoms with Crippen molar-refractivity contribution in [2.75, 3.05) is 11.6 Å². The van der Waals surface area contributed by atoms with Crippen LogP contribution >= 0.6 is 0 Å². The van der Waals surface area contributed by atoms with Crippen LogP contribution in [-0.2, 0) is 15.3 Å². The molecule has 0 aliphatic carbocycles. The van der Waals surface area contributed by atoms with Crippen molar-refractivity contribution in [1.29, 1.82) is 0 Å². The summed E-state index contributed by atoms with van der Waals surface area (Å²) in [4.78, 5) is 12.8. The Labute approximate surface area is 143 Å². The van der Waals surface area contributed by atoms with Gasteiger partial charge in [0, 0.05) is 17.5 Å². The second-order valence-electron chi connectivity index (χ2n) is 7.00. The van der Waals surface area contributed by atoms with Gasteiger partial charge in [0.25, 0.3) is 5.91 Å². The van der Waals surface area contributed by atoms with Gasteiger partial charge in [-0.1, -0.05) is 45.0 Å². The monoisotopic (exact) mass is 345 g/mol. The van der Waals surface area contributed by atoms with Crippen molar-refractivity contribution in [2.24, 2.45) is 0 Å². The van der Waals surface area contributed by atoms with E-state index in [1.807, 2.05) is 24.3 Å². The Kier molecular flexibility index (Phi) is 4.85. The van der Waals surface area contributed by atoms with E-state index in [1.165, 1.54) is 12.1 Å². The van der Waals surface area contributed by atoms with E-state index in [1.54, 1.807) is 13.0 Å². The molecule has 1 N–H and O–H groups in total. The predicted octanol–water partition coefficient (Wildman–Crippen LogP) is 3.95. The minimum atomic E-state index is -3.36. The number of amides is 1. The molecule has 2 aromatic rings. The number of anilines is 1. The molecule has 0 radical (unpaired) electrons. The first-order valence-electron chi connectivity index (χ1n) is 7.72. The first kappa shape index (κ1) is 18.2. The van der Waals surface area contributed by atoms with Crippen LogP contribution in [0.5, 0.6) is 0 Å². The summed E-state index contributed by atoms with van der Waals surface area (Å²) < 4.78 is 23.5. The normalized spacial score (nSPS) is 12.0. The molecular weight excluding hydrogens is 322 g/mol. The molecule has 0 saturated heterocycles. The second-order valence-corrected chi connectivity index (χ2v) is 9.01. The zero-order valence-electron chi connectivity index (χ0n) is 14.7. The van der Waals surface area contributed by atoms with Crippen molar-refractivity contribution in [3.8, 4) is 0 Å². The minimum Gasteiger partial charge on any atom is -0.322 e. The molecule has 0 aromatic heterocycles. The zero-order valence-corrected chi connectivity index (χ0v) is 15.5. The van der Waals surface area contributed by atoms with Crippen molar-refractivity contribution in [2.45, 2.75) is 38.0 Å². The highest BCUT2D eigenvalue weighted by atomic mass is 32.2. The number of sulfone groups is 1. The summed E-state index contributed by atoms with van der Waals surface area (Å²) in [6, 6.07) is 12.2. The van der Waals surface area contributed by atoms with Crippen LogP contribution in [0.2, 0.25) is 0 Å². The number of carbonyl (C=O) groups is 1. The molecule has 5 heteroatoms. The summed E-state index contributed by atoms with van der Waals surface area (Å²) in [6.07, 6.45) is 1.13. The van der Waals surface area contributed by atoms with Crippen molar-refractivity contribution < 1.29 is 13.2 Å². The number of aryl methyl sites for hydroxylation is 1. The van der Waals surface area contributed by atoms with Crippen LogP contribution in [0.25, 0.3) is 0 Å². The van der Waals surface area contributed by atoms with Gasteiger partial charge in [-0.15, -0.1) is 0 Å². The molecule has 0 aliphatic rings. The second kappa shape index (κ2) is 6.40. The SMILES string of the molecule is Cc1ccc(S(C)(=O)=O)cc1C(=O)Nc1ccccc1C(C)(C)C. The predicted molar refractivity (Wildman–Crippen MR) is 97.4 cm³/mol. The lowest BCUT2D eigenvalue weighted by molar-refractivity contribution is 0.102. The third kappa shape index (κ3) is 4.03. The number of carbonyl (C=O) groups excluding carboxylic acids is 1. The van der Waals surface area contributed by atoms with E-state index in [9.17, 15) is 13.2 Å². The Bertz CT molecular complexity index is 878. The molecule has 24 heavy (non-hydrogen) atoms. The van der Waals surface area contributed by atoms with E-state index >= 15 is 0 Å². The minimum absolute atomic E-state index is 0.118. The third-order valence-corrected chi connectivity index (χ3v) is 4.98. The van der Waals surface area contributed by atoms with Crippen molar-refractivity contribution >= 4 is 21.4 Å². The summed E-state index contributed by atoms with van der Waals surface area (Å²) in [5.74, 6) is -0.310. The van der Waals surface area contributed by atoms with Gasteiger partial charge in [-0.25, -0.2) is 8.42 Å². The van der Waals surface area contributed by atoms with Gasteiger partial charge >= 0.3 is 0 Å². The van der Waals surface area contributed by atoms with E-state index in [0.29, 0.717) is 5.56 Å². The quantitative estimate of drug-likeness (QED) is 0.916. The van der Waals surface area contributed by atoms with Gasteiger partial charge in [-0.3, -0.25) is 4.79 Å². The highest BCUT2D eigenvalue weighted by molar-refractivity contribution is 7.90. The molecule has 128 valence electrons. The van der Waals surface area contributed by atoms with Crippen LogP contribution in [-0.4, -0.2) is 20.6 Å². The van der Waals surface area contributed by atoms with Crippen LogP contribution in [0.3, 0.4) is 0 Å². The molecule has 2 aromatic carbocycles. The van der Waals surface area contributed by atoms with Gasteiger partial charge in [0.1, 0.15) is 0 Å². The van der Waals surface area contributed by atoms with Crippen molar-refractivity contribution in [3.05, 3.63) is 59.2 Å². The molecule has 0 bridgehead atoms. The fourth-order valence-corrected chi connectivity index (χ4v) is 3.16. The Hall–Kier alpha value is -2.14. The van der Waals surface area contributed by atoms with E-state index in [4.69, 9.17) is 0 Å². The van der Waals surface area contributed by atoms with E-state index in [2.05, 4.69) is 26.1 Å². The lowest BCUT2D eigenvalue weighted by Crippen LogP contribution is -2.19. The lowest BCUT2D eigenvalue weighted by atomic mass is 9.86. The molecule has 4 nitrogen and oxygen atoms in total. The molecule has 0 saturated carbocycles. The average molecular weight is 345 g/mol. The summed E-state index contributed by atoms with van der Waals surface area (Å²) in [7, 11) is -3.36. The van der Waals surface area contributed by atoms with E-state index < -0.39 is 9.84 Å². The maximum absolute atomic E-state index is 12.7. The number of benzene rings is 2. The highest BCUT2D eigenvalue weighted by Gasteiger charge is 2.20. The number of rotatable bonds is 3. The number of hydrogen-bond donors (Lipinski definition) is 1. The Balaban J connectivity index is 2.42. The number of hydrogen-bond acceptors (Lipinski definition) is 3. The Morgan fingerprint density at radius 1 is 1.04 bits per heavy atom. The fraction of sp³-hybridized carbons (Fsp3) is 0.316. The molecule has 0 heterocycles. The standard InChI is InChI=1S/C19H23NO3S/c1-13-10-11-14(24(5,22)23)12-15(13)18(21)20-17-9-7-6-8-16(17)19(2,3)4/h6-12H,1-5H3,(H,20,21). The third-order valence-electron chi connectivity index (χ3n) is 3.87. The maximum Gasteiger partial charge on any atom is 0.255 e. The van der Waals surface area contributed by atoms with Crippen LogP contribution in [0, 0.1) is 6.92 Å². The van der Waals surface area contributed by atoms with Crippen LogP contribution in [0.4, 0.5) is 5.69 Å². The largest absolute Gasteiger partial charge is 0.322 e. The maximum atomic E-state index is 12.7. The van der Waals surface area contributed by atoms with E-state index in [0.717, 1.165) is 23.1 Å². The number of para-hydroxylation sites is 1. The molecule has 1 amide bonds. The van der Waals surface area contributed by atoms with E-state index in [-0.39, 0.29) is 16.2 Å². The molecule has 0 spiro atoms. The van der Waals surface area contributed by atoms with Crippen molar-refractivity contribution in [3.63, 3.8) is 0 Å². The van der Waals surface area contributed by atoms with Gasteiger partial charge in [0.2, 0.25) is 0 Å². The summed E-state index contributed by atoms with van der Waals surface area (Å²) in [5, 5.41) is 2.92. The highest BCUT2D eigenvalue weighted by Crippen LogP contribution is 2.29. The van der Waals surface area contributed by atoms with Gasteiger partial charge in [0.15, 0.2) is 9.84 Å². The van der Waals surface area contributed by atoms with Gasteiger partial charge in [-0.2, -0.15) is 0 Å². The lowest BCUT2D eigenvalue weighted by Gasteiger charge is -2.23. The summed E-state index contributed by atoms with van der Waals surface area (Å²) >= 11 is 0. The fourth-order valence-electron chi connectivity index (χ4n) is 2.51. The van der Waals surface area contributed by atoms with Gasteiger partial charge < -0.3 is 5.32 Å². The zero-order chi connectivity index (χ0) is 18.1. The molecule has 0 unspecified atom stereocenters. The topological polar surface area (TPSA) is 63.2 Å². The number of nitrogens with one attached hydrogen (secondary N) is 1. The van der Waals surface area contributed by atoms with Crippen LogP contribution in [0.1, 0.15) is 42.3 Å². The smallest absolute Gasteiger partial charge is 0.255 e. The molecule has 2 rings (SSSR count). The molecule has 0 atom stereocenters. The first-order valence-corrected chi connectivity index (χ1v) is 9.61. The molecular formula is C19H23NO3S. The first-order chi connectivity index (χ1) is 11.0. The average Bonchev–Trinajstić information content (AvgIpc) is 2.45. The molecule has 0 aliphatic heterocycles. The van der Waals surface area contributed by atoms with Gasteiger partial charge in [0.05, 0.1) is 4.90 Å². The Morgan fingerprint density at radius 3 is 2.25 bits per heavy atom. The van der Waals surface area contributed by atoms with Crippen LogP contribution in [0.15, 0.2) is 47.4 Å². The van der Waals surface area contributed by atoms with Crippen molar-refractivity contribution in [1.82, 2.24) is 0 Å². The summed E-state index contributed by atoms with van der Waals surface area (Å²) in [5.41, 5.74) is 2.73.